The van der Waals surface area contributed by atoms with Gasteiger partial charge < -0.3 is 29.5 Å². The number of aliphatic hydroxyl groups excluding tert-OH is 1. The van der Waals surface area contributed by atoms with Gasteiger partial charge in [-0.1, -0.05) is 49.2 Å². The number of amides is 2. The van der Waals surface area contributed by atoms with Gasteiger partial charge in [0.25, 0.3) is 0 Å². The number of alkyl carbamates (subject to hydrolysis) is 1. The van der Waals surface area contributed by atoms with Crippen LogP contribution in [0.1, 0.15) is 99.4 Å². The highest BCUT2D eigenvalue weighted by Crippen LogP contribution is 2.46. The van der Waals surface area contributed by atoms with Crippen LogP contribution in [0, 0.1) is 46.1 Å². The number of rotatable bonds is 21. The molecule has 5 heterocycles. The Morgan fingerprint density at radius 1 is 0.827 bits per heavy atom. The molecule has 3 saturated heterocycles. The average Bonchev–Trinajstić information content (AvgIpc) is 4.15. The van der Waals surface area contributed by atoms with E-state index in [2.05, 4.69) is 46.7 Å². The van der Waals surface area contributed by atoms with Crippen molar-refractivity contribution in [3.05, 3.63) is 93.6 Å². The van der Waals surface area contributed by atoms with Crippen LogP contribution in [0.4, 0.5) is 45.7 Å². The molecule has 16 nitrogen and oxygen atoms in total. The van der Waals surface area contributed by atoms with Crippen molar-refractivity contribution in [2.75, 3.05) is 52.0 Å². The molecule has 2 aromatic carbocycles. The predicted molar refractivity (Wildman–Crippen MR) is 280 cm³/mol. The van der Waals surface area contributed by atoms with Crippen molar-refractivity contribution in [3.63, 3.8) is 0 Å². The number of aliphatic hydroxyl groups is 1. The van der Waals surface area contributed by atoms with Crippen LogP contribution in [0.15, 0.2) is 54.7 Å². The highest BCUT2D eigenvalue weighted by Gasteiger charge is 2.57. The molecule has 4 aliphatic rings. The fraction of sp³-hybridized carbons (Fsp3) is 0.554. The quantitative estimate of drug-likeness (QED) is 0.0313. The van der Waals surface area contributed by atoms with Gasteiger partial charge >= 0.3 is 24.4 Å². The van der Waals surface area contributed by atoms with E-state index in [0.29, 0.717) is 72.5 Å². The zero-order valence-electron chi connectivity index (χ0n) is 45.4. The van der Waals surface area contributed by atoms with Crippen molar-refractivity contribution < 1.29 is 73.6 Å². The van der Waals surface area contributed by atoms with Gasteiger partial charge in [-0.15, -0.1) is 10.2 Å². The molecule has 2 bridgehead atoms. The van der Waals surface area contributed by atoms with Crippen LogP contribution in [0.25, 0.3) is 10.6 Å². The normalized spacial score (nSPS) is 19.4. The van der Waals surface area contributed by atoms with Crippen LogP contribution in [0.2, 0.25) is 0 Å². The van der Waals surface area contributed by atoms with Gasteiger partial charge in [-0.05, 0) is 93.8 Å². The number of nitrogens with zero attached hydrogens (tertiary/aromatic N) is 6. The second-order valence-corrected chi connectivity index (χ2v) is 23.3. The number of carbonyl (C=O) groups is 4. The number of ketones is 1. The molecule has 438 valence electrons. The number of hydrogen-bond donors (Lipinski definition) is 3. The number of anilines is 1. The van der Waals surface area contributed by atoms with Crippen molar-refractivity contribution in [1.82, 2.24) is 35.8 Å². The minimum absolute atomic E-state index is 0.00368. The number of fused-ring (bicyclic) bond motifs is 2. The number of hydrogen-bond acceptors (Lipinski definition) is 15. The van der Waals surface area contributed by atoms with Gasteiger partial charge in [0.2, 0.25) is 5.91 Å². The van der Waals surface area contributed by atoms with Crippen molar-refractivity contribution in [2.45, 2.75) is 128 Å². The number of methoxy groups -OCH3 is 2. The molecule has 1 aliphatic carbocycles. The smallest absolute Gasteiger partial charge is 0.407 e. The highest BCUT2D eigenvalue weighted by atomic mass is 32.1. The Hall–Kier alpha value is -6.33. The van der Waals surface area contributed by atoms with Crippen LogP contribution in [0.5, 0.6) is 0 Å². The lowest BCUT2D eigenvalue weighted by molar-refractivity contribution is -0.231. The van der Waals surface area contributed by atoms with E-state index in [4.69, 9.17) is 9.72 Å². The maximum atomic E-state index is 16.2. The summed E-state index contributed by atoms with van der Waals surface area (Å²) in [6.07, 6.45) is -10.2. The minimum Gasteiger partial charge on any atom is -0.469 e. The van der Waals surface area contributed by atoms with Gasteiger partial charge in [0.15, 0.2) is 5.78 Å². The Balaban J connectivity index is 1.07. The number of ether oxygens (including phenoxy) is 3. The molecule has 2 unspecified atom stereocenters. The second-order valence-electron chi connectivity index (χ2n) is 22.3. The second kappa shape index (κ2) is 24.6. The Bertz CT molecular complexity index is 2940. The van der Waals surface area contributed by atoms with Crippen LogP contribution < -0.4 is 15.6 Å². The summed E-state index contributed by atoms with van der Waals surface area (Å²) < 4.78 is 135. The van der Waals surface area contributed by atoms with E-state index in [1.807, 2.05) is 17.4 Å². The summed E-state index contributed by atoms with van der Waals surface area (Å²) in [7, 11) is 1.76. The van der Waals surface area contributed by atoms with Gasteiger partial charge in [-0.3, -0.25) is 24.7 Å². The van der Waals surface area contributed by atoms with E-state index in [9.17, 15) is 50.6 Å². The lowest BCUT2D eigenvalue weighted by Gasteiger charge is -2.47. The molecule has 4 fully saturated rings. The van der Waals surface area contributed by atoms with E-state index in [0.717, 1.165) is 95.5 Å². The standard InChI is InChI=1S/C56H64F8N8O8S/c1-53(2,55(59,60)61)41(23-47(75)78-5)49(76)69-71(27-40-42(57)20-36(21-43(40)58)51-68-67-50(81-51)34-14-15-34)28-45(74)35(22-44(73)48(66-52(77)79-6)54(3,4)56(62,63)64)19-32-10-7-31(8-11-32)9-12-33-13-18-46(65-24-33)70-25-37-16-17-38(26-70)72(37)39-29-80-30-39/h7-8,10-11,13,18,20-21,24,34-35,37-39,41,45,48,74H,14-17,19,22-23,25-30H2,1-6H3,(H,66,77)(H,69,76)/t35-,37?,38?,41-,45+,48-/m1/s1. The Labute approximate surface area is 467 Å². The number of benzene rings is 2. The Kier molecular flexibility index (Phi) is 18.5. The molecule has 2 amide bonds. The van der Waals surface area contributed by atoms with E-state index >= 15 is 8.78 Å². The molecule has 81 heavy (non-hydrogen) atoms. The molecule has 4 aromatic rings. The fourth-order valence-electron chi connectivity index (χ4n) is 10.5. The van der Waals surface area contributed by atoms with Gasteiger partial charge in [0.05, 0.1) is 62.7 Å². The summed E-state index contributed by atoms with van der Waals surface area (Å²) >= 11 is 1.13. The molecule has 6 atom stereocenters. The molecule has 3 aliphatic heterocycles. The van der Waals surface area contributed by atoms with E-state index in [-0.39, 0.29) is 22.9 Å². The van der Waals surface area contributed by atoms with Gasteiger partial charge in [0, 0.05) is 79.1 Å². The van der Waals surface area contributed by atoms with Crippen LogP contribution in [-0.4, -0.2) is 144 Å². The number of nitrogens with one attached hydrogen (secondary N) is 2. The summed E-state index contributed by atoms with van der Waals surface area (Å²) in [5.74, 6) is -2.84. The molecule has 3 N–H and O–H groups in total. The topological polar surface area (TPSA) is 189 Å². The number of halogens is 8. The minimum atomic E-state index is -5.11. The van der Waals surface area contributed by atoms with Crippen LogP contribution in [-0.2, 0) is 41.6 Å². The molecule has 8 rings (SSSR count). The van der Waals surface area contributed by atoms with E-state index in [1.54, 1.807) is 30.5 Å². The van der Waals surface area contributed by atoms with Crippen molar-refractivity contribution in [2.24, 2.45) is 22.7 Å². The summed E-state index contributed by atoms with van der Waals surface area (Å²) in [5.41, 5.74) is -2.87. The third kappa shape index (κ3) is 14.1. The first-order valence-corrected chi connectivity index (χ1v) is 27.3. The van der Waals surface area contributed by atoms with Crippen LogP contribution >= 0.6 is 11.3 Å². The van der Waals surface area contributed by atoms with Gasteiger partial charge in [-0.2, -0.15) is 26.3 Å². The summed E-state index contributed by atoms with van der Waals surface area (Å²) in [5, 5.41) is 23.9. The van der Waals surface area contributed by atoms with Crippen molar-refractivity contribution >= 4 is 40.9 Å². The Morgan fingerprint density at radius 3 is 1.99 bits per heavy atom. The number of carbonyl (C=O) groups excluding carboxylic acids is 4. The van der Waals surface area contributed by atoms with E-state index in [1.165, 1.54) is 0 Å². The number of hydrazine groups is 1. The maximum absolute atomic E-state index is 16.2. The van der Waals surface area contributed by atoms with Gasteiger partial charge in [0.1, 0.15) is 33.5 Å². The lowest BCUT2D eigenvalue weighted by atomic mass is 9.75. The number of pyridine rings is 1. The number of aromatic nitrogens is 3. The first-order chi connectivity index (χ1) is 38.2. The molecule has 0 radical (unpaired) electrons. The average molecular weight is 1160 g/mol. The monoisotopic (exact) mass is 1160 g/mol. The van der Waals surface area contributed by atoms with Gasteiger partial charge in [-0.25, -0.2) is 23.6 Å². The SMILES string of the molecule is COC(=O)C[C@H](C(=O)NN(Cc1c(F)cc(-c2nnc(C3CC3)s2)cc1F)C[C@H](O)[C@@H](CC(=O)[C@@H](NC(=O)OC)C(C)(C)C(F)(F)F)Cc1ccc(C#Cc2ccc(N3CC4CCC(C3)N4C3COC3)nc2)cc1)C(C)(C)C(F)(F)F. The molecule has 25 heteroatoms. The van der Waals surface area contributed by atoms with Crippen molar-refractivity contribution in [3.8, 4) is 22.4 Å². The summed E-state index contributed by atoms with van der Waals surface area (Å²) in [4.78, 5) is 63.0. The first-order valence-electron chi connectivity index (χ1n) is 26.5. The lowest BCUT2D eigenvalue weighted by Crippen LogP contribution is -2.62. The Morgan fingerprint density at radius 2 is 1.44 bits per heavy atom. The third-order valence-electron chi connectivity index (χ3n) is 16.0. The number of esters is 1. The zero-order chi connectivity index (χ0) is 58.8. The largest absolute Gasteiger partial charge is 0.469 e. The number of piperazine rings is 1. The molecule has 2 aromatic heterocycles. The highest BCUT2D eigenvalue weighted by molar-refractivity contribution is 7.14. The number of Topliss-reactive ketones (excluding diaryl/α,β-unsaturated/α-hetero) is 1. The molecule has 1 saturated carbocycles. The predicted octanol–water partition coefficient (Wildman–Crippen LogP) is 8.30. The van der Waals surface area contributed by atoms with Crippen LogP contribution in [0.3, 0.4) is 0 Å². The molecular formula is C56H64F8N8O8S. The maximum Gasteiger partial charge on any atom is 0.407 e. The third-order valence-corrected chi connectivity index (χ3v) is 17.1. The zero-order valence-corrected chi connectivity index (χ0v) is 46.2. The molecule has 0 spiro atoms. The van der Waals surface area contributed by atoms with E-state index < -0.39 is 114 Å². The summed E-state index contributed by atoms with van der Waals surface area (Å²) in [6.45, 7) is 4.00. The first kappa shape index (κ1) is 60.8. The number of alkyl halides is 6. The fourth-order valence-corrected chi connectivity index (χ4v) is 11.5. The molecular weight excluding hydrogens is 1100 g/mol. The summed E-state index contributed by atoms with van der Waals surface area (Å²) in [6, 6.07) is 11.1. The van der Waals surface area contributed by atoms with Crippen molar-refractivity contribution in [1.29, 1.82) is 0 Å².